The normalized spacial score (nSPS) is 18.6. The lowest BCUT2D eigenvalue weighted by Gasteiger charge is -2.09. The van der Waals surface area contributed by atoms with Crippen LogP contribution in [0.25, 0.3) is 0 Å². The Bertz CT molecular complexity index is 457. The predicted octanol–water partition coefficient (Wildman–Crippen LogP) is 2.94. The number of benzene rings is 1. The molecule has 1 aromatic rings. The second-order valence-corrected chi connectivity index (χ2v) is 4.32. The first-order valence-corrected chi connectivity index (χ1v) is 6.14. The number of aliphatic imine (C=N–C) groups is 1. The summed E-state index contributed by atoms with van der Waals surface area (Å²) in [6, 6.07) is 8.68. The van der Waals surface area contributed by atoms with Gasteiger partial charge in [-0.1, -0.05) is 31.2 Å². The summed E-state index contributed by atoms with van der Waals surface area (Å²) in [6.45, 7) is 2.09. The van der Waals surface area contributed by atoms with Gasteiger partial charge in [0, 0.05) is 6.42 Å². The Morgan fingerprint density at radius 2 is 2.35 bits per heavy atom. The van der Waals surface area contributed by atoms with Crippen LogP contribution in [0.3, 0.4) is 0 Å². The number of nitrogens with zero attached hydrogens (tertiary/aromatic N) is 2. The van der Waals surface area contributed by atoms with E-state index in [2.05, 4.69) is 41.5 Å². The monoisotopic (exact) mass is 227 g/mol. The van der Waals surface area contributed by atoms with Gasteiger partial charge in [0.2, 0.25) is 0 Å². The van der Waals surface area contributed by atoms with E-state index in [4.69, 9.17) is 5.26 Å². The number of nitriles is 1. The lowest BCUT2D eigenvalue weighted by atomic mass is 10.1. The summed E-state index contributed by atoms with van der Waals surface area (Å²) in [6.07, 6.45) is 5.96. The summed E-state index contributed by atoms with van der Waals surface area (Å²) in [5, 5.41) is 11.4. The maximum absolute atomic E-state index is 8.69. The molecule has 0 aromatic heterocycles. The topological polar surface area (TPSA) is 48.2 Å². The molecule has 0 aliphatic heterocycles. The molecule has 17 heavy (non-hydrogen) atoms. The third-order valence-electron chi connectivity index (χ3n) is 3.10. The Labute approximate surface area is 102 Å². The fraction of sp³-hybridized carbons (Fsp3) is 0.429. The highest BCUT2D eigenvalue weighted by atomic mass is 15.0. The molecular weight excluding hydrogens is 210 g/mol. The molecule has 88 valence electrons. The smallest absolute Gasteiger partial charge is 0.182 e. The van der Waals surface area contributed by atoms with Gasteiger partial charge in [0.05, 0.1) is 6.04 Å². The molecule has 2 rings (SSSR count). The van der Waals surface area contributed by atoms with Gasteiger partial charge >= 0.3 is 0 Å². The van der Waals surface area contributed by atoms with Crippen molar-refractivity contribution in [2.75, 3.05) is 0 Å². The molecule has 1 aliphatic carbocycles. The average Bonchev–Trinajstić information content (AvgIpc) is 2.74. The van der Waals surface area contributed by atoms with Crippen molar-refractivity contribution in [1.82, 2.24) is 5.32 Å². The zero-order valence-corrected chi connectivity index (χ0v) is 10.1. The lowest BCUT2D eigenvalue weighted by molar-refractivity contribution is 0.706. The van der Waals surface area contributed by atoms with Crippen LogP contribution in [0.5, 0.6) is 0 Å². The Morgan fingerprint density at radius 3 is 3.12 bits per heavy atom. The zero-order chi connectivity index (χ0) is 12.1. The van der Waals surface area contributed by atoms with E-state index < -0.39 is 0 Å². The molecule has 0 amide bonds. The maximum atomic E-state index is 8.69. The minimum atomic E-state index is 0.230. The first-order chi connectivity index (χ1) is 8.35. The van der Waals surface area contributed by atoms with Gasteiger partial charge in [0.15, 0.2) is 6.19 Å². The first-order valence-electron chi connectivity index (χ1n) is 6.14. The van der Waals surface area contributed by atoms with Gasteiger partial charge in [-0.2, -0.15) is 5.26 Å². The van der Waals surface area contributed by atoms with Crippen molar-refractivity contribution in [3.05, 3.63) is 35.4 Å². The van der Waals surface area contributed by atoms with E-state index in [1.54, 1.807) is 0 Å². The molecule has 1 atom stereocenters. The second-order valence-electron chi connectivity index (χ2n) is 4.32. The van der Waals surface area contributed by atoms with Crippen LogP contribution in [0.2, 0.25) is 0 Å². The quantitative estimate of drug-likeness (QED) is 0.373. The van der Waals surface area contributed by atoms with Crippen molar-refractivity contribution in [3.8, 4) is 6.19 Å². The van der Waals surface area contributed by atoms with E-state index in [1.807, 2.05) is 6.19 Å². The summed E-state index contributed by atoms with van der Waals surface area (Å²) in [7, 11) is 0. The minimum absolute atomic E-state index is 0.230. The molecule has 1 aromatic carbocycles. The molecule has 3 heteroatoms. The van der Waals surface area contributed by atoms with Crippen molar-refractivity contribution < 1.29 is 0 Å². The molecule has 0 radical (unpaired) electrons. The summed E-state index contributed by atoms with van der Waals surface area (Å²) in [5.74, 6) is 0.816. The second kappa shape index (κ2) is 5.49. The van der Waals surface area contributed by atoms with Crippen LogP contribution in [0, 0.1) is 11.5 Å². The molecule has 0 fully saturated rings. The maximum Gasteiger partial charge on any atom is 0.182 e. The lowest BCUT2D eigenvalue weighted by Crippen LogP contribution is -2.18. The summed E-state index contributed by atoms with van der Waals surface area (Å²) in [4.78, 5) is 4.68. The van der Waals surface area contributed by atoms with E-state index in [1.165, 1.54) is 11.1 Å². The third-order valence-corrected chi connectivity index (χ3v) is 3.10. The van der Waals surface area contributed by atoms with Crippen LogP contribution >= 0.6 is 0 Å². The van der Waals surface area contributed by atoms with Crippen LogP contribution in [0.4, 0.5) is 0 Å². The Morgan fingerprint density at radius 1 is 1.53 bits per heavy atom. The number of hydrogen-bond donors (Lipinski definition) is 1. The van der Waals surface area contributed by atoms with Gasteiger partial charge in [0.25, 0.3) is 0 Å². The van der Waals surface area contributed by atoms with Crippen molar-refractivity contribution in [2.45, 2.75) is 38.6 Å². The highest BCUT2D eigenvalue weighted by molar-refractivity contribution is 5.83. The standard InChI is InChI=1S/C14H17N3/c1-2-5-14(16-10-15)17-13-9-8-11-6-3-4-7-12(11)13/h3-4,6-7,13H,2,5,8-9H2,1H3,(H,16,17)/t13-/m1/s1. The SMILES string of the molecule is CCCC(=N[C@@H]1CCc2ccccc21)NC#N. The van der Waals surface area contributed by atoms with Gasteiger partial charge in [-0.3, -0.25) is 10.3 Å². The molecular formula is C14H17N3. The third kappa shape index (κ3) is 2.65. The van der Waals surface area contributed by atoms with E-state index in [-0.39, 0.29) is 6.04 Å². The van der Waals surface area contributed by atoms with Crippen molar-refractivity contribution in [3.63, 3.8) is 0 Å². The molecule has 0 bridgehead atoms. The fourth-order valence-electron chi connectivity index (χ4n) is 2.32. The highest BCUT2D eigenvalue weighted by Gasteiger charge is 2.21. The number of amidine groups is 1. The number of nitrogens with one attached hydrogen (secondary N) is 1. The Kier molecular flexibility index (Phi) is 3.77. The van der Waals surface area contributed by atoms with E-state index in [0.717, 1.165) is 31.5 Å². The predicted molar refractivity (Wildman–Crippen MR) is 68.6 cm³/mol. The van der Waals surface area contributed by atoms with Gasteiger partial charge in [-0.05, 0) is 30.4 Å². The zero-order valence-electron chi connectivity index (χ0n) is 10.1. The molecule has 0 heterocycles. The number of hydrogen-bond acceptors (Lipinski definition) is 2. The summed E-state index contributed by atoms with van der Waals surface area (Å²) in [5.41, 5.74) is 2.72. The molecule has 0 saturated carbocycles. The summed E-state index contributed by atoms with van der Waals surface area (Å²) >= 11 is 0. The van der Waals surface area contributed by atoms with Crippen LogP contribution in [-0.4, -0.2) is 5.84 Å². The van der Waals surface area contributed by atoms with Crippen LogP contribution in [-0.2, 0) is 6.42 Å². The number of fused-ring (bicyclic) bond motifs is 1. The molecule has 0 spiro atoms. The van der Waals surface area contributed by atoms with Crippen LogP contribution in [0.15, 0.2) is 29.3 Å². The molecule has 1 aliphatic rings. The summed E-state index contributed by atoms with van der Waals surface area (Å²) < 4.78 is 0. The van der Waals surface area contributed by atoms with Crippen molar-refractivity contribution in [2.24, 2.45) is 4.99 Å². The van der Waals surface area contributed by atoms with Gasteiger partial charge in [-0.15, -0.1) is 0 Å². The first kappa shape index (κ1) is 11.7. The van der Waals surface area contributed by atoms with E-state index in [9.17, 15) is 0 Å². The Balaban J connectivity index is 2.19. The van der Waals surface area contributed by atoms with Crippen molar-refractivity contribution >= 4 is 5.84 Å². The number of aryl methyl sites for hydroxylation is 1. The average molecular weight is 227 g/mol. The van der Waals surface area contributed by atoms with Crippen LogP contribution in [0.1, 0.15) is 43.4 Å². The molecule has 1 N–H and O–H groups in total. The van der Waals surface area contributed by atoms with Gasteiger partial charge in [-0.25, -0.2) is 0 Å². The Hall–Kier alpha value is -1.82. The van der Waals surface area contributed by atoms with E-state index in [0.29, 0.717) is 0 Å². The molecule has 0 unspecified atom stereocenters. The highest BCUT2D eigenvalue weighted by Crippen LogP contribution is 2.33. The van der Waals surface area contributed by atoms with Crippen LogP contribution < -0.4 is 5.32 Å². The van der Waals surface area contributed by atoms with E-state index >= 15 is 0 Å². The molecule has 0 saturated heterocycles. The number of rotatable bonds is 3. The van der Waals surface area contributed by atoms with Gasteiger partial charge in [0.1, 0.15) is 5.84 Å². The molecule has 3 nitrogen and oxygen atoms in total. The largest absolute Gasteiger partial charge is 0.281 e. The van der Waals surface area contributed by atoms with Crippen molar-refractivity contribution in [1.29, 1.82) is 5.26 Å². The minimum Gasteiger partial charge on any atom is -0.281 e. The fourth-order valence-corrected chi connectivity index (χ4v) is 2.32. The van der Waals surface area contributed by atoms with Gasteiger partial charge < -0.3 is 0 Å².